The molecule has 0 saturated heterocycles. The summed E-state index contributed by atoms with van der Waals surface area (Å²) >= 11 is 1.44. The van der Waals surface area contributed by atoms with Crippen LogP contribution in [0.3, 0.4) is 0 Å². The Morgan fingerprint density at radius 1 is 1.22 bits per heavy atom. The van der Waals surface area contributed by atoms with E-state index in [-0.39, 0.29) is 0 Å². The van der Waals surface area contributed by atoms with E-state index < -0.39 is 0 Å². The molecule has 90 valence electrons. The number of rotatable bonds is 3. The summed E-state index contributed by atoms with van der Waals surface area (Å²) < 4.78 is 0. The van der Waals surface area contributed by atoms with Crippen molar-refractivity contribution in [1.29, 1.82) is 0 Å². The van der Waals surface area contributed by atoms with Crippen LogP contribution in [0.5, 0.6) is 0 Å². The standard InChI is InChI=1S/C12H11N5S/c13-7-8-5-6-14-17-11(8)18-12-15-9-3-1-2-4-10(9)16-12/h1-6H,7,13H2,(H,15,16). The monoisotopic (exact) mass is 257 g/mol. The second-order valence-corrected chi connectivity index (χ2v) is 4.70. The van der Waals surface area contributed by atoms with Crippen LogP contribution in [0.1, 0.15) is 5.56 Å². The number of imidazole rings is 1. The third-order valence-corrected chi connectivity index (χ3v) is 3.47. The minimum absolute atomic E-state index is 0.443. The fourth-order valence-corrected chi connectivity index (χ4v) is 2.51. The van der Waals surface area contributed by atoms with Gasteiger partial charge in [0.15, 0.2) is 5.16 Å². The summed E-state index contributed by atoms with van der Waals surface area (Å²) in [4.78, 5) is 7.72. The van der Waals surface area contributed by atoms with Crippen LogP contribution in [0.15, 0.2) is 46.7 Å². The number of nitrogens with one attached hydrogen (secondary N) is 1. The van der Waals surface area contributed by atoms with Gasteiger partial charge >= 0.3 is 0 Å². The number of para-hydroxylation sites is 2. The minimum atomic E-state index is 0.443. The van der Waals surface area contributed by atoms with Gasteiger partial charge in [-0.05, 0) is 30.0 Å². The molecule has 0 bridgehead atoms. The van der Waals surface area contributed by atoms with E-state index in [0.717, 1.165) is 26.8 Å². The number of hydrogen-bond donors (Lipinski definition) is 2. The Kier molecular flexibility index (Phi) is 2.95. The van der Waals surface area contributed by atoms with Crippen molar-refractivity contribution in [1.82, 2.24) is 20.2 Å². The maximum absolute atomic E-state index is 5.67. The van der Waals surface area contributed by atoms with Gasteiger partial charge in [-0.1, -0.05) is 12.1 Å². The molecule has 3 aromatic rings. The van der Waals surface area contributed by atoms with Crippen LogP contribution in [0.4, 0.5) is 0 Å². The topological polar surface area (TPSA) is 80.5 Å². The summed E-state index contributed by atoms with van der Waals surface area (Å²) in [6, 6.07) is 9.77. The molecule has 3 N–H and O–H groups in total. The van der Waals surface area contributed by atoms with E-state index in [1.54, 1.807) is 6.20 Å². The molecule has 0 unspecified atom stereocenters. The first kappa shape index (κ1) is 11.2. The van der Waals surface area contributed by atoms with Gasteiger partial charge in [0, 0.05) is 18.3 Å². The van der Waals surface area contributed by atoms with Crippen molar-refractivity contribution >= 4 is 22.8 Å². The lowest BCUT2D eigenvalue weighted by molar-refractivity contribution is 0.863. The molecule has 2 heterocycles. The summed E-state index contributed by atoms with van der Waals surface area (Å²) in [6.07, 6.45) is 1.64. The number of hydrogen-bond acceptors (Lipinski definition) is 5. The first-order valence-corrected chi connectivity index (χ1v) is 6.31. The van der Waals surface area contributed by atoms with Crippen LogP contribution in [0.2, 0.25) is 0 Å². The van der Waals surface area contributed by atoms with Crippen LogP contribution < -0.4 is 5.73 Å². The molecule has 0 aliphatic carbocycles. The van der Waals surface area contributed by atoms with E-state index >= 15 is 0 Å². The van der Waals surface area contributed by atoms with E-state index in [9.17, 15) is 0 Å². The Labute approximate surface area is 108 Å². The lowest BCUT2D eigenvalue weighted by atomic mass is 10.3. The lowest BCUT2D eigenvalue weighted by Crippen LogP contribution is -2.00. The highest BCUT2D eigenvalue weighted by atomic mass is 32.2. The zero-order valence-corrected chi connectivity index (χ0v) is 10.3. The Balaban J connectivity index is 1.96. The van der Waals surface area contributed by atoms with Gasteiger partial charge in [-0.3, -0.25) is 0 Å². The zero-order chi connectivity index (χ0) is 12.4. The van der Waals surface area contributed by atoms with Crippen molar-refractivity contribution in [2.24, 2.45) is 5.73 Å². The zero-order valence-electron chi connectivity index (χ0n) is 9.50. The van der Waals surface area contributed by atoms with Crippen LogP contribution in [0, 0.1) is 0 Å². The molecule has 6 heteroatoms. The van der Waals surface area contributed by atoms with E-state index in [4.69, 9.17) is 5.73 Å². The number of nitrogens with two attached hydrogens (primary N) is 1. The van der Waals surface area contributed by atoms with Crippen molar-refractivity contribution in [2.75, 3.05) is 0 Å². The van der Waals surface area contributed by atoms with Gasteiger partial charge in [0.1, 0.15) is 5.03 Å². The van der Waals surface area contributed by atoms with E-state index in [2.05, 4.69) is 20.2 Å². The van der Waals surface area contributed by atoms with Crippen LogP contribution >= 0.6 is 11.8 Å². The fraction of sp³-hybridized carbons (Fsp3) is 0.0833. The average molecular weight is 257 g/mol. The molecular formula is C12H11N5S. The van der Waals surface area contributed by atoms with E-state index in [0.29, 0.717) is 6.54 Å². The smallest absolute Gasteiger partial charge is 0.172 e. The summed E-state index contributed by atoms with van der Waals surface area (Å²) in [7, 11) is 0. The molecule has 0 aliphatic rings. The maximum atomic E-state index is 5.67. The van der Waals surface area contributed by atoms with E-state index in [1.807, 2.05) is 30.3 Å². The molecule has 0 amide bonds. The number of benzene rings is 1. The van der Waals surface area contributed by atoms with Crippen LogP contribution in [-0.4, -0.2) is 20.2 Å². The highest BCUT2D eigenvalue weighted by Crippen LogP contribution is 2.27. The Morgan fingerprint density at radius 2 is 2.11 bits per heavy atom. The van der Waals surface area contributed by atoms with Crippen molar-refractivity contribution in [3.8, 4) is 0 Å². The first-order chi connectivity index (χ1) is 8.86. The quantitative estimate of drug-likeness (QED) is 0.749. The third kappa shape index (κ3) is 2.07. The first-order valence-electron chi connectivity index (χ1n) is 5.50. The lowest BCUT2D eigenvalue weighted by Gasteiger charge is -2.01. The van der Waals surface area contributed by atoms with Crippen molar-refractivity contribution in [3.05, 3.63) is 42.1 Å². The minimum Gasteiger partial charge on any atom is -0.333 e. The van der Waals surface area contributed by atoms with Crippen molar-refractivity contribution in [2.45, 2.75) is 16.7 Å². The van der Waals surface area contributed by atoms with Crippen molar-refractivity contribution in [3.63, 3.8) is 0 Å². The Morgan fingerprint density at radius 3 is 2.94 bits per heavy atom. The fourth-order valence-electron chi connectivity index (χ4n) is 1.66. The highest BCUT2D eigenvalue weighted by Gasteiger charge is 2.08. The van der Waals surface area contributed by atoms with Gasteiger partial charge in [-0.15, -0.1) is 5.10 Å². The van der Waals surface area contributed by atoms with Crippen LogP contribution in [-0.2, 0) is 6.54 Å². The number of aromatic amines is 1. The molecule has 0 fully saturated rings. The highest BCUT2D eigenvalue weighted by molar-refractivity contribution is 7.99. The average Bonchev–Trinajstić information content (AvgIpc) is 2.81. The number of H-pyrrole nitrogens is 1. The summed E-state index contributed by atoms with van der Waals surface area (Å²) in [5.41, 5.74) is 8.59. The SMILES string of the molecule is NCc1ccnnc1Sc1nc2ccccc2[nH]1. The Bertz CT molecular complexity index is 646. The Hall–Kier alpha value is -1.92. The largest absolute Gasteiger partial charge is 0.333 e. The predicted molar refractivity (Wildman–Crippen MR) is 70.1 cm³/mol. The van der Waals surface area contributed by atoms with Gasteiger partial charge in [0.2, 0.25) is 0 Å². The molecule has 5 nitrogen and oxygen atoms in total. The molecular weight excluding hydrogens is 246 g/mol. The van der Waals surface area contributed by atoms with Gasteiger partial charge in [0.25, 0.3) is 0 Å². The molecule has 2 aromatic heterocycles. The number of aromatic nitrogens is 4. The summed E-state index contributed by atoms with van der Waals surface area (Å²) in [6.45, 7) is 0.443. The molecule has 0 saturated carbocycles. The third-order valence-electron chi connectivity index (χ3n) is 2.55. The molecule has 0 radical (unpaired) electrons. The van der Waals surface area contributed by atoms with Gasteiger partial charge in [0.05, 0.1) is 11.0 Å². The van der Waals surface area contributed by atoms with Gasteiger partial charge in [-0.25, -0.2) is 4.98 Å². The second-order valence-electron chi connectivity index (χ2n) is 3.73. The van der Waals surface area contributed by atoms with Gasteiger partial charge < -0.3 is 10.7 Å². The number of fused-ring (bicyclic) bond motifs is 1. The molecule has 18 heavy (non-hydrogen) atoms. The van der Waals surface area contributed by atoms with Crippen molar-refractivity contribution < 1.29 is 0 Å². The molecule has 0 spiro atoms. The maximum Gasteiger partial charge on any atom is 0.172 e. The van der Waals surface area contributed by atoms with Gasteiger partial charge in [-0.2, -0.15) is 5.10 Å². The molecule has 1 aromatic carbocycles. The molecule has 0 aliphatic heterocycles. The summed E-state index contributed by atoms with van der Waals surface area (Å²) in [5, 5.41) is 9.55. The van der Waals surface area contributed by atoms with Crippen LogP contribution in [0.25, 0.3) is 11.0 Å². The summed E-state index contributed by atoms with van der Waals surface area (Å²) in [5.74, 6) is 0. The molecule has 0 atom stereocenters. The predicted octanol–water partition coefficient (Wildman–Crippen LogP) is 1.96. The number of nitrogens with zero attached hydrogens (tertiary/aromatic N) is 3. The second kappa shape index (κ2) is 4.75. The molecule has 3 rings (SSSR count). The van der Waals surface area contributed by atoms with E-state index in [1.165, 1.54) is 11.8 Å². The normalized spacial score (nSPS) is 10.9.